The van der Waals surface area contributed by atoms with E-state index in [1.54, 1.807) is 16.0 Å². The highest BCUT2D eigenvalue weighted by Crippen LogP contribution is 2.34. The fourth-order valence-corrected chi connectivity index (χ4v) is 3.40. The lowest BCUT2D eigenvalue weighted by atomic mass is 10.3. The van der Waals surface area contributed by atoms with Gasteiger partial charge in [-0.1, -0.05) is 18.2 Å². The van der Waals surface area contributed by atoms with Crippen LogP contribution in [0.4, 0.5) is 0 Å². The van der Waals surface area contributed by atoms with Gasteiger partial charge in [-0.15, -0.1) is 16.4 Å². The van der Waals surface area contributed by atoms with Gasteiger partial charge in [0.1, 0.15) is 0 Å². The van der Waals surface area contributed by atoms with E-state index in [9.17, 15) is 4.79 Å². The van der Waals surface area contributed by atoms with Crippen LogP contribution in [0.25, 0.3) is 16.3 Å². The molecule has 0 spiro atoms. The van der Waals surface area contributed by atoms with Crippen molar-refractivity contribution in [2.24, 2.45) is 0 Å². The number of carbonyl (C=O) groups excluding carboxylic acids is 1. The van der Waals surface area contributed by atoms with Gasteiger partial charge in [0, 0.05) is 6.07 Å². The van der Waals surface area contributed by atoms with Gasteiger partial charge in [0.15, 0.2) is 6.61 Å². The topological polar surface area (TPSA) is 53.4 Å². The van der Waals surface area contributed by atoms with Crippen molar-refractivity contribution in [3.8, 4) is 22.1 Å². The lowest BCUT2D eigenvalue weighted by molar-refractivity contribution is -0.143. The molecule has 0 atom stereocenters. The van der Waals surface area contributed by atoms with E-state index in [-0.39, 0.29) is 6.61 Å². The van der Waals surface area contributed by atoms with E-state index in [0.717, 1.165) is 20.0 Å². The van der Waals surface area contributed by atoms with Crippen LogP contribution < -0.4 is 4.74 Å². The molecule has 2 aromatic heterocycles. The maximum atomic E-state index is 11.2. The Kier molecular flexibility index (Phi) is 4.78. The first-order chi connectivity index (χ1) is 11.2. The van der Waals surface area contributed by atoms with Crippen LogP contribution in [-0.2, 0) is 9.53 Å². The van der Waals surface area contributed by atoms with E-state index < -0.39 is 5.97 Å². The summed E-state index contributed by atoms with van der Waals surface area (Å²) in [5.41, 5.74) is 1.81. The van der Waals surface area contributed by atoms with Crippen LogP contribution in [0.2, 0.25) is 0 Å². The molecule has 118 valence electrons. The van der Waals surface area contributed by atoms with Gasteiger partial charge in [-0.25, -0.2) is 9.48 Å². The molecule has 0 fully saturated rings. The molecule has 0 radical (unpaired) electrons. The third-order valence-corrected chi connectivity index (χ3v) is 4.73. The van der Waals surface area contributed by atoms with Crippen molar-refractivity contribution in [3.63, 3.8) is 0 Å². The van der Waals surface area contributed by atoms with E-state index in [1.807, 2.05) is 48.5 Å². The molecule has 2 heterocycles. The Morgan fingerprint density at radius 3 is 2.70 bits per heavy atom. The molecule has 0 bridgehead atoms. The van der Waals surface area contributed by atoms with Crippen molar-refractivity contribution in [1.29, 1.82) is 0 Å². The van der Waals surface area contributed by atoms with Crippen LogP contribution in [0.15, 0.2) is 52.3 Å². The highest BCUT2D eigenvalue weighted by Gasteiger charge is 2.15. The zero-order valence-electron chi connectivity index (χ0n) is 12.2. The summed E-state index contributed by atoms with van der Waals surface area (Å²) in [7, 11) is 1.32. The Balaban J connectivity index is 1.98. The van der Waals surface area contributed by atoms with E-state index >= 15 is 0 Å². The van der Waals surface area contributed by atoms with Gasteiger partial charge >= 0.3 is 5.97 Å². The van der Waals surface area contributed by atoms with Crippen molar-refractivity contribution in [2.45, 2.75) is 0 Å². The maximum Gasteiger partial charge on any atom is 0.343 e. The SMILES string of the molecule is COC(=O)COc1cc(-c2ccc(Br)s2)n(-c2ccccc2)n1. The Bertz CT molecular complexity index is 814. The van der Waals surface area contributed by atoms with Gasteiger partial charge in [0.05, 0.1) is 27.2 Å². The molecule has 0 aliphatic rings. The number of carbonyl (C=O) groups is 1. The zero-order chi connectivity index (χ0) is 16.2. The van der Waals surface area contributed by atoms with Crippen molar-refractivity contribution in [2.75, 3.05) is 13.7 Å². The van der Waals surface area contributed by atoms with Crippen LogP contribution in [0.3, 0.4) is 0 Å². The molecule has 0 saturated heterocycles. The first-order valence-electron chi connectivity index (χ1n) is 6.78. The molecule has 1 aromatic carbocycles. The normalized spacial score (nSPS) is 10.5. The first-order valence-corrected chi connectivity index (χ1v) is 8.39. The van der Waals surface area contributed by atoms with Gasteiger partial charge in [0.2, 0.25) is 5.88 Å². The summed E-state index contributed by atoms with van der Waals surface area (Å²) >= 11 is 5.07. The maximum absolute atomic E-state index is 11.2. The van der Waals surface area contributed by atoms with Crippen molar-refractivity contribution in [3.05, 3.63) is 52.3 Å². The largest absolute Gasteiger partial charge is 0.466 e. The van der Waals surface area contributed by atoms with Gasteiger partial charge in [-0.3, -0.25) is 0 Å². The number of esters is 1. The molecule has 0 aliphatic heterocycles. The molecule has 3 rings (SSSR count). The number of ether oxygens (including phenoxy) is 2. The lowest BCUT2D eigenvalue weighted by Gasteiger charge is -2.05. The second-order valence-electron chi connectivity index (χ2n) is 4.58. The van der Waals surface area contributed by atoms with Crippen LogP contribution in [-0.4, -0.2) is 29.5 Å². The molecule has 23 heavy (non-hydrogen) atoms. The standard InChI is InChI=1S/C16H13BrN2O3S/c1-21-16(20)10-22-15-9-12(13-7-8-14(17)23-13)19(18-15)11-5-3-2-4-6-11/h2-9H,10H2,1H3. The number of hydrogen-bond acceptors (Lipinski definition) is 5. The average Bonchev–Trinajstić information content (AvgIpc) is 3.19. The second-order valence-corrected chi connectivity index (χ2v) is 7.05. The Hall–Kier alpha value is -2.12. The number of rotatable bonds is 5. The Labute approximate surface area is 145 Å². The van der Waals surface area contributed by atoms with E-state index in [2.05, 4.69) is 25.8 Å². The minimum Gasteiger partial charge on any atom is -0.466 e. The Morgan fingerprint density at radius 2 is 2.04 bits per heavy atom. The molecule has 0 saturated carbocycles. The highest BCUT2D eigenvalue weighted by molar-refractivity contribution is 9.11. The highest BCUT2D eigenvalue weighted by atomic mass is 79.9. The molecule has 0 unspecified atom stereocenters. The predicted octanol–water partition coefficient (Wildman–Crippen LogP) is 3.92. The van der Waals surface area contributed by atoms with E-state index in [1.165, 1.54) is 7.11 Å². The number of thiophene rings is 1. The van der Waals surface area contributed by atoms with Crippen LogP contribution in [0, 0.1) is 0 Å². The third kappa shape index (κ3) is 3.62. The quantitative estimate of drug-likeness (QED) is 0.617. The fraction of sp³-hybridized carbons (Fsp3) is 0.125. The van der Waals surface area contributed by atoms with E-state index in [0.29, 0.717) is 5.88 Å². The fourth-order valence-electron chi connectivity index (χ4n) is 2.02. The van der Waals surface area contributed by atoms with E-state index in [4.69, 9.17) is 4.74 Å². The summed E-state index contributed by atoms with van der Waals surface area (Å²) in [6.07, 6.45) is 0. The van der Waals surface area contributed by atoms with Crippen LogP contribution in [0.5, 0.6) is 5.88 Å². The summed E-state index contributed by atoms with van der Waals surface area (Å²) < 4.78 is 12.8. The van der Waals surface area contributed by atoms with Crippen molar-refractivity contribution in [1.82, 2.24) is 9.78 Å². The number of aromatic nitrogens is 2. The number of halogens is 1. The molecular formula is C16H13BrN2O3S. The minimum absolute atomic E-state index is 0.171. The monoisotopic (exact) mass is 392 g/mol. The number of para-hydroxylation sites is 1. The van der Waals surface area contributed by atoms with Gasteiger partial charge < -0.3 is 9.47 Å². The third-order valence-electron chi connectivity index (χ3n) is 3.08. The molecule has 0 amide bonds. The molecule has 3 aromatic rings. The van der Waals surface area contributed by atoms with Crippen molar-refractivity contribution >= 4 is 33.2 Å². The minimum atomic E-state index is -0.445. The molecular weight excluding hydrogens is 380 g/mol. The number of methoxy groups -OCH3 is 1. The number of nitrogens with zero attached hydrogens (tertiary/aromatic N) is 2. The van der Waals surface area contributed by atoms with Gasteiger partial charge in [-0.2, -0.15) is 0 Å². The van der Waals surface area contributed by atoms with Crippen LogP contribution >= 0.6 is 27.3 Å². The molecule has 0 N–H and O–H groups in total. The summed E-state index contributed by atoms with van der Waals surface area (Å²) in [5, 5.41) is 4.45. The summed E-state index contributed by atoms with van der Waals surface area (Å²) in [5.74, 6) is -0.0709. The van der Waals surface area contributed by atoms with Gasteiger partial charge in [-0.05, 0) is 40.2 Å². The molecule has 0 aliphatic carbocycles. The molecule has 7 heteroatoms. The molecule has 5 nitrogen and oxygen atoms in total. The zero-order valence-corrected chi connectivity index (χ0v) is 14.6. The summed E-state index contributed by atoms with van der Waals surface area (Å²) in [6.45, 7) is -0.171. The summed E-state index contributed by atoms with van der Waals surface area (Å²) in [6, 6.07) is 15.6. The smallest absolute Gasteiger partial charge is 0.343 e. The van der Waals surface area contributed by atoms with Crippen LogP contribution in [0.1, 0.15) is 0 Å². The first kappa shape index (κ1) is 15.8. The lowest BCUT2D eigenvalue weighted by Crippen LogP contribution is -2.12. The average molecular weight is 393 g/mol. The second kappa shape index (κ2) is 6.97. The van der Waals surface area contributed by atoms with Crippen molar-refractivity contribution < 1.29 is 14.3 Å². The number of benzene rings is 1. The Morgan fingerprint density at radius 1 is 1.26 bits per heavy atom. The summed E-state index contributed by atoms with van der Waals surface area (Å²) in [4.78, 5) is 12.3. The van der Waals surface area contributed by atoms with Gasteiger partial charge in [0.25, 0.3) is 0 Å². The predicted molar refractivity (Wildman–Crippen MR) is 92.1 cm³/mol. The number of hydrogen-bond donors (Lipinski definition) is 0.